The molecule has 0 unspecified atom stereocenters. The fourth-order valence-electron chi connectivity index (χ4n) is 1.41. The molecule has 0 radical (unpaired) electrons. The van der Waals surface area contributed by atoms with Crippen LogP contribution in [0, 0.1) is 10.1 Å². The van der Waals surface area contributed by atoms with E-state index < -0.39 is 4.92 Å². The Morgan fingerprint density at radius 2 is 2.06 bits per heavy atom. The van der Waals surface area contributed by atoms with Gasteiger partial charge in [-0.2, -0.15) is 0 Å². The van der Waals surface area contributed by atoms with Gasteiger partial charge in [0.2, 0.25) is 0 Å². The highest BCUT2D eigenvalue weighted by Crippen LogP contribution is 2.25. The van der Waals surface area contributed by atoms with Crippen molar-refractivity contribution in [2.75, 3.05) is 0 Å². The van der Waals surface area contributed by atoms with Crippen LogP contribution in [0.2, 0.25) is 5.02 Å². The number of hydrogen-bond acceptors (Lipinski definition) is 3. The summed E-state index contributed by atoms with van der Waals surface area (Å²) in [4.78, 5) is 10.5. The molecule has 2 aromatic rings. The van der Waals surface area contributed by atoms with Gasteiger partial charge in [-0.3, -0.25) is 10.1 Å². The number of rotatable bonds is 3. The average molecular weight is 250 g/mol. The molecule has 0 bridgehead atoms. The summed E-state index contributed by atoms with van der Waals surface area (Å²) in [6.07, 6.45) is 2.80. The molecule has 0 amide bonds. The molecule has 5 heteroatoms. The first-order valence-electron chi connectivity index (χ1n) is 4.83. The van der Waals surface area contributed by atoms with Crippen LogP contribution in [0.25, 0.3) is 11.8 Å². The Labute approximate surface area is 102 Å². The molecule has 2 rings (SSSR count). The van der Waals surface area contributed by atoms with Crippen molar-refractivity contribution in [3.8, 4) is 0 Å². The van der Waals surface area contributed by atoms with Crippen LogP contribution in [0.15, 0.2) is 47.1 Å². The number of nitro groups is 1. The molecule has 1 aromatic heterocycles. The van der Waals surface area contributed by atoms with Crippen molar-refractivity contribution >= 4 is 23.4 Å². The van der Waals surface area contributed by atoms with Crippen molar-refractivity contribution in [1.82, 2.24) is 0 Å². The van der Waals surface area contributed by atoms with Gasteiger partial charge in [0.05, 0.1) is 27.8 Å². The molecule has 86 valence electrons. The van der Waals surface area contributed by atoms with Crippen LogP contribution >= 0.6 is 11.6 Å². The normalized spacial score (nSPS) is 11.5. The molecule has 0 aliphatic carbocycles. The van der Waals surface area contributed by atoms with Gasteiger partial charge < -0.3 is 4.42 Å². The van der Waals surface area contributed by atoms with Crippen molar-refractivity contribution in [2.24, 2.45) is 0 Å². The summed E-state index contributed by atoms with van der Waals surface area (Å²) in [6.45, 7) is 0. The predicted octanol–water partition coefficient (Wildman–Crippen LogP) is 3.71. The topological polar surface area (TPSA) is 56.3 Å². The first-order valence-corrected chi connectivity index (χ1v) is 5.21. The Balaban J connectivity index is 2.51. The fourth-order valence-corrected chi connectivity index (χ4v) is 1.64. The quantitative estimate of drug-likeness (QED) is 0.615. The van der Waals surface area contributed by atoms with E-state index in [1.54, 1.807) is 36.4 Å². The maximum atomic E-state index is 11.0. The van der Waals surface area contributed by atoms with Gasteiger partial charge in [0.15, 0.2) is 0 Å². The van der Waals surface area contributed by atoms with E-state index >= 15 is 0 Å². The summed E-state index contributed by atoms with van der Waals surface area (Å²) < 4.78 is 5.05. The minimum absolute atomic E-state index is 0.0921. The minimum Gasteiger partial charge on any atom is -0.465 e. The molecule has 0 aliphatic heterocycles. The maximum Gasteiger partial charge on any atom is 0.281 e. The van der Waals surface area contributed by atoms with E-state index in [0.29, 0.717) is 16.3 Å². The van der Waals surface area contributed by atoms with Crippen LogP contribution in [0.1, 0.15) is 11.3 Å². The molecule has 4 nitrogen and oxygen atoms in total. The van der Waals surface area contributed by atoms with Crippen molar-refractivity contribution < 1.29 is 9.34 Å². The van der Waals surface area contributed by atoms with Gasteiger partial charge in [-0.05, 0) is 24.3 Å². The average Bonchev–Trinajstić information content (AvgIpc) is 2.79. The SMILES string of the molecule is O=[N+]([O-])/C(=C/c1ccco1)c1ccccc1Cl. The van der Waals surface area contributed by atoms with Gasteiger partial charge in [0.1, 0.15) is 5.76 Å². The molecule has 17 heavy (non-hydrogen) atoms. The van der Waals surface area contributed by atoms with E-state index in [4.69, 9.17) is 16.0 Å². The Kier molecular flexibility index (Phi) is 3.25. The smallest absolute Gasteiger partial charge is 0.281 e. The third-order valence-electron chi connectivity index (χ3n) is 2.17. The number of furan rings is 1. The lowest BCUT2D eigenvalue weighted by Crippen LogP contribution is -1.98. The molecule has 0 spiro atoms. The highest BCUT2D eigenvalue weighted by molar-refractivity contribution is 6.32. The molecular formula is C12H8ClNO3. The zero-order chi connectivity index (χ0) is 12.3. The molecule has 0 fully saturated rings. The molecule has 0 aliphatic rings. The number of benzene rings is 1. The van der Waals surface area contributed by atoms with E-state index in [0.717, 1.165) is 0 Å². The third kappa shape index (κ3) is 2.54. The summed E-state index contributed by atoms with van der Waals surface area (Å²) in [5.74, 6) is 0.414. The van der Waals surface area contributed by atoms with Gasteiger partial charge in [-0.25, -0.2) is 0 Å². The highest BCUT2D eigenvalue weighted by Gasteiger charge is 2.17. The van der Waals surface area contributed by atoms with Crippen LogP contribution in [0.4, 0.5) is 0 Å². The van der Waals surface area contributed by atoms with E-state index in [9.17, 15) is 10.1 Å². The number of halogens is 1. The van der Waals surface area contributed by atoms with E-state index in [2.05, 4.69) is 0 Å². The van der Waals surface area contributed by atoms with Crippen LogP contribution in [0.5, 0.6) is 0 Å². The Bertz CT molecular complexity index is 561. The number of hydrogen-bond donors (Lipinski definition) is 0. The fraction of sp³-hybridized carbons (Fsp3) is 0. The molecule has 1 heterocycles. The van der Waals surface area contributed by atoms with Gasteiger partial charge in [-0.1, -0.05) is 23.7 Å². The van der Waals surface area contributed by atoms with Gasteiger partial charge in [0.25, 0.3) is 5.70 Å². The lowest BCUT2D eigenvalue weighted by Gasteiger charge is -2.00. The molecule has 0 saturated heterocycles. The Hall–Kier alpha value is -2.07. The zero-order valence-corrected chi connectivity index (χ0v) is 9.42. The first kappa shape index (κ1) is 11.4. The van der Waals surface area contributed by atoms with Crippen molar-refractivity contribution in [3.05, 3.63) is 69.1 Å². The summed E-state index contributed by atoms with van der Waals surface area (Å²) in [5.41, 5.74) is 0.279. The van der Waals surface area contributed by atoms with Gasteiger partial charge in [-0.15, -0.1) is 0 Å². The monoisotopic (exact) mass is 249 g/mol. The molecule has 0 saturated carbocycles. The van der Waals surface area contributed by atoms with Crippen molar-refractivity contribution in [1.29, 1.82) is 0 Å². The van der Waals surface area contributed by atoms with E-state index in [-0.39, 0.29) is 5.70 Å². The second kappa shape index (κ2) is 4.84. The minimum atomic E-state index is -0.482. The Morgan fingerprint density at radius 1 is 1.29 bits per heavy atom. The number of nitrogens with zero attached hydrogens (tertiary/aromatic N) is 1. The lowest BCUT2D eigenvalue weighted by molar-refractivity contribution is -0.374. The van der Waals surface area contributed by atoms with Crippen LogP contribution in [-0.4, -0.2) is 4.92 Å². The van der Waals surface area contributed by atoms with Crippen LogP contribution < -0.4 is 0 Å². The highest BCUT2D eigenvalue weighted by atomic mass is 35.5. The second-order valence-corrected chi connectivity index (χ2v) is 3.69. The first-order chi connectivity index (χ1) is 8.18. The van der Waals surface area contributed by atoms with Crippen LogP contribution in [0.3, 0.4) is 0 Å². The van der Waals surface area contributed by atoms with Crippen LogP contribution in [-0.2, 0) is 0 Å². The Morgan fingerprint density at radius 3 is 2.65 bits per heavy atom. The van der Waals surface area contributed by atoms with E-state index in [1.807, 2.05) is 0 Å². The largest absolute Gasteiger partial charge is 0.465 e. The molecule has 0 N–H and O–H groups in total. The van der Waals surface area contributed by atoms with Crippen molar-refractivity contribution in [3.63, 3.8) is 0 Å². The molecule has 1 aromatic carbocycles. The van der Waals surface area contributed by atoms with E-state index in [1.165, 1.54) is 12.3 Å². The lowest BCUT2D eigenvalue weighted by atomic mass is 10.1. The van der Waals surface area contributed by atoms with Crippen molar-refractivity contribution in [2.45, 2.75) is 0 Å². The predicted molar refractivity (Wildman–Crippen MR) is 65.0 cm³/mol. The maximum absolute atomic E-state index is 11.0. The zero-order valence-electron chi connectivity index (χ0n) is 8.67. The van der Waals surface area contributed by atoms with Gasteiger partial charge >= 0.3 is 0 Å². The summed E-state index contributed by atoms with van der Waals surface area (Å²) in [6, 6.07) is 9.92. The molecular weight excluding hydrogens is 242 g/mol. The van der Waals surface area contributed by atoms with Gasteiger partial charge in [0, 0.05) is 0 Å². The summed E-state index contributed by atoms with van der Waals surface area (Å²) >= 11 is 5.93. The molecule has 0 atom stereocenters. The second-order valence-electron chi connectivity index (χ2n) is 3.28. The summed E-state index contributed by atoms with van der Waals surface area (Å²) in [7, 11) is 0. The summed E-state index contributed by atoms with van der Waals surface area (Å²) in [5, 5.41) is 11.4. The third-order valence-corrected chi connectivity index (χ3v) is 2.50. The standard InChI is InChI=1S/C12H8ClNO3/c13-11-6-2-1-5-10(11)12(14(15)16)8-9-4-3-7-17-9/h1-8H/b12-8+.